The van der Waals surface area contributed by atoms with Crippen LogP contribution in [0.2, 0.25) is 0 Å². The third-order valence-electron chi connectivity index (χ3n) is 7.20. The number of amides is 1. The van der Waals surface area contributed by atoms with Crippen molar-refractivity contribution in [3.63, 3.8) is 0 Å². The number of anilines is 1. The van der Waals surface area contributed by atoms with Gasteiger partial charge in [0.05, 0.1) is 36.3 Å². The van der Waals surface area contributed by atoms with Crippen LogP contribution in [0.25, 0.3) is 11.0 Å². The first kappa shape index (κ1) is 27.3. The van der Waals surface area contributed by atoms with Crippen LogP contribution in [0.3, 0.4) is 0 Å². The van der Waals surface area contributed by atoms with Gasteiger partial charge in [-0.25, -0.2) is 0 Å². The van der Waals surface area contributed by atoms with Crippen LogP contribution in [0.15, 0.2) is 63.8 Å². The van der Waals surface area contributed by atoms with Gasteiger partial charge in [-0.2, -0.15) is 13.2 Å². The lowest BCUT2D eigenvalue weighted by Crippen LogP contribution is -2.29. The second-order valence-corrected chi connectivity index (χ2v) is 9.84. The van der Waals surface area contributed by atoms with Gasteiger partial charge in [0, 0.05) is 5.69 Å². The Morgan fingerprint density at radius 3 is 2.42 bits per heavy atom. The normalized spacial score (nSPS) is 15.0. The molecule has 4 aromatic rings. The molecule has 1 aromatic heterocycles. The molecule has 6 nitrogen and oxygen atoms in total. The molecule has 1 atom stereocenters. The molecule has 1 aliphatic rings. The van der Waals surface area contributed by atoms with E-state index in [1.165, 1.54) is 24.1 Å². The molecule has 0 bridgehead atoms. The van der Waals surface area contributed by atoms with Crippen molar-refractivity contribution in [3.05, 3.63) is 98.4 Å². The first-order valence-electron chi connectivity index (χ1n) is 12.9. The number of halogens is 3. The largest absolute Gasteiger partial charge is 0.493 e. The number of hydrogen-bond donors (Lipinski definition) is 0. The van der Waals surface area contributed by atoms with E-state index in [-0.39, 0.29) is 28.0 Å². The maximum atomic E-state index is 13.9. The minimum absolute atomic E-state index is 0.0192. The van der Waals surface area contributed by atoms with Gasteiger partial charge in [0.15, 0.2) is 16.9 Å². The number of benzene rings is 3. The van der Waals surface area contributed by atoms with E-state index < -0.39 is 29.1 Å². The van der Waals surface area contributed by atoms with E-state index in [0.717, 1.165) is 36.1 Å². The number of alkyl halides is 3. The third-order valence-corrected chi connectivity index (χ3v) is 7.20. The lowest BCUT2D eigenvalue weighted by atomic mass is 9.96. The van der Waals surface area contributed by atoms with Crippen molar-refractivity contribution in [1.29, 1.82) is 0 Å². The molecule has 1 amide bonds. The Kier molecular flexibility index (Phi) is 7.08. The van der Waals surface area contributed by atoms with Crippen LogP contribution in [0.4, 0.5) is 18.9 Å². The molecule has 0 spiro atoms. The van der Waals surface area contributed by atoms with Crippen molar-refractivity contribution in [2.75, 3.05) is 18.6 Å². The number of fused-ring (bicyclic) bond motifs is 2. The van der Waals surface area contributed by atoms with Crippen LogP contribution >= 0.6 is 0 Å². The summed E-state index contributed by atoms with van der Waals surface area (Å²) in [5.74, 6) is -0.0640. The van der Waals surface area contributed by atoms with Gasteiger partial charge in [-0.1, -0.05) is 25.5 Å². The van der Waals surface area contributed by atoms with Gasteiger partial charge in [0.1, 0.15) is 5.58 Å². The lowest BCUT2D eigenvalue weighted by Gasteiger charge is -2.26. The minimum atomic E-state index is -4.63. The van der Waals surface area contributed by atoms with Crippen molar-refractivity contribution >= 4 is 22.6 Å². The van der Waals surface area contributed by atoms with Crippen LogP contribution in [0.1, 0.15) is 64.2 Å². The molecule has 2 heterocycles. The molecule has 0 saturated heterocycles. The SMILES string of the molecule is CCCCOc1ccc(C2c3c(oc4cc(C)c(C)cc4c3=O)C(=O)N2c2cccc(C(F)(F)F)c2)cc1OC. The number of rotatable bonds is 7. The second-order valence-electron chi connectivity index (χ2n) is 9.84. The Morgan fingerprint density at radius 2 is 1.73 bits per heavy atom. The van der Waals surface area contributed by atoms with Crippen LogP contribution in [-0.2, 0) is 6.18 Å². The smallest absolute Gasteiger partial charge is 0.416 e. The maximum absolute atomic E-state index is 13.9. The molecule has 0 aliphatic carbocycles. The van der Waals surface area contributed by atoms with Crippen LogP contribution in [0, 0.1) is 13.8 Å². The molecule has 0 saturated carbocycles. The average Bonchev–Trinajstić information content (AvgIpc) is 3.22. The fourth-order valence-corrected chi connectivity index (χ4v) is 4.94. The monoisotopic (exact) mass is 551 g/mol. The van der Waals surface area contributed by atoms with E-state index >= 15 is 0 Å². The number of methoxy groups -OCH3 is 1. The molecule has 208 valence electrons. The Bertz CT molecular complexity index is 1670. The van der Waals surface area contributed by atoms with Crippen molar-refractivity contribution in [2.24, 2.45) is 0 Å². The molecule has 3 aromatic carbocycles. The summed E-state index contributed by atoms with van der Waals surface area (Å²) in [4.78, 5) is 29.0. The van der Waals surface area contributed by atoms with Gasteiger partial charge < -0.3 is 13.9 Å². The number of carbonyl (C=O) groups excluding carboxylic acids is 1. The van der Waals surface area contributed by atoms with E-state index in [1.54, 1.807) is 30.3 Å². The van der Waals surface area contributed by atoms with Crippen LogP contribution in [-0.4, -0.2) is 19.6 Å². The first-order valence-corrected chi connectivity index (χ1v) is 12.9. The van der Waals surface area contributed by atoms with Crippen LogP contribution < -0.4 is 19.8 Å². The van der Waals surface area contributed by atoms with Gasteiger partial charge in [0.25, 0.3) is 5.91 Å². The molecule has 0 N–H and O–H groups in total. The topological polar surface area (TPSA) is 69.0 Å². The molecule has 0 radical (unpaired) electrons. The summed E-state index contributed by atoms with van der Waals surface area (Å²) in [6.45, 7) is 6.24. The quantitative estimate of drug-likeness (QED) is 0.225. The first-order chi connectivity index (χ1) is 19.0. The Morgan fingerprint density at radius 1 is 0.975 bits per heavy atom. The highest BCUT2D eigenvalue weighted by Crippen LogP contribution is 2.44. The zero-order valence-corrected chi connectivity index (χ0v) is 22.5. The lowest BCUT2D eigenvalue weighted by molar-refractivity contribution is -0.137. The zero-order valence-electron chi connectivity index (χ0n) is 22.5. The summed E-state index contributed by atoms with van der Waals surface area (Å²) in [5, 5.41) is 0.289. The van der Waals surface area contributed by atoms with Crippen LogP contribution in [0.5, 0.6) is 11.5 Å². The summed E-state index contributed by atoms with van der Waals surface area (Å²) in [5.41, 5.74) is 1.13. The van der Waals surface area contributed by atoms with E-state index in [4.69, 9.17) is 13.9 Å². The molecule has 40 heavy (non-hydrogen) atoms. The van der Waals surface area contributed by atoms with Gasteiger partial charge >= 0.3 is 6.18 Å². The summed E-state index contributed by atoms with van der Waals surface area (Å²) < 4.78 is 58.3. The molecule has 1 aliphatic heterocycles. The van der Waals surface area contributed by atoms with Gasteiger partial charge in [0.2, 0.25) is 5.76 Å². The fourth-order valence-electron chi connectivity index (χ4n) is 4.94. The molecular weight excluding hydrogens is 523 g/mol. The molecule has 1 unspecified atom stereocenters. The third kappa shape index (κ3) is 4.69. The van der Waals surface area contributed by atoms with Gasteiger partial charge in [-0.15, -0.1) is 0 Å². The highest BCUT2D eigenvalue weighted by Gasteiger charge is 2.44. The predicted molar refractivity (Wildman–Crippen MR) is 145 cm³/mol. The zero-order chi connectivity index (χ0) is 28.8. The Balaban J connectivity index is 1.74. The summed E-state index contributed by atoms with van der Waals surface area (Å²) in [7, 11) is 1.47. The molecular formula is C31H28F3NO5. The fraction of sp³-hybridized carbons (Fsp3) is 0.290. The minimum Gasteiger partial charge on any atom is -0.493 e. The Labute approximate surface area is 228 Å². The molecule has 5 rings (SSSR count). The highest BCUT2D eigenvalue weighted by molar-refractivity contribution is 6.10. The van der Waals surface area contributed by atoms with Gasteiger partial charge in [-0.05, 0) is 79.4 Å². The number of nitrogens with zero attached hydrogens (tertiary/aromatic N) is 1. The van der Waals surface area contributed by atoms with Crippen molar-refractivity contribution < 1.29 is 31.9 Å². The van der Waals surface area contributed by atoms with E-state index in [2.05, 4.69) is 0 Å². The molecule has 9 heteroatoms. The summed E-state index contributed by atoms with van der Waals surface area (Å²) in [6.07, 6.45) is -2.85. The Hall–Kier alpha value is -4.27. The summed E-state index contributed by atoms with van der Waals surface area (Å²) >= 11 is 0. The maximum Gasteiger partial charge on any atom is 0.416 e. The number of aryl methyl sites for hydroxylation is 2. The van der Waals surface area contributed by atoms with Crippen molar-refractivity contribution in [3.8, 4) is 11.5 Å². The summed E-state index contributed by atoms with van der Waals surface area (Å²) in [6, 6.07) is 11.8. The molecule has 0 fully saturated rings. The highest BCUT2D eigenvalue weighted by atomic mass is 19.4. The number of ether oxygens (including phenoxy) is 2. The standard InChI is InChI=1S/C31H28F3NO5/c1-5-6-12-39-23-11-10-19(15-25(23)38-4)27-26-28(36)22-13-17(2)18(3)14-24(22)40-29(26)30(37)35(27)21-9-7-8-20(16-21)31(32,33)34/h7-11,13-16,27H,5-6,12H2,1-4H3. The average molecular weight is 552 g/mol. The van der Waals surface area contributed by atoms with Gasteiger partial charge in [-0.3, -0.25) is 14.5 Å². The second kappa shape index (κ2) is 10.4. The van der Waals surface area contributed by atoms with E-state index in [0.29, 0.717) is 23.7 Å². The van der Waals surface area contributed by atoms with E-state index in [1.807, 2.05) is 20.8 Å². The number of hydrogen-bond acceptors (Lipinski definition) is 5. The van der Waals surface area contributed by atoms with Crippen molar-refractivity contribution in [1.82, 2.24) is 0 Å². The van der Waals surface area contributed by atoms with E-state index in [9.17, 15) is 22.8 Å². The number of carbonyl (C=O) groups is 1. The predicted octanol–water partition coefficient (Wildman–Crippen LogP) is 7.37. The van der Waals surface area contributed by atoms with Crippen molar-refractivity contribution in [2.45, 2.75) is 45.8 Å². The number of unbranched alkanes of at least 4 members (excludes halogenated alkanes) is 1.